The normalized spacial score (nSPS) is 21.6. The highest BCUT2D eigenvalue weighted by atomic mass is 35.5. The molecule has 1 spiro atoms. The van der Waals surface area contributed by atoms with Crippen molar-refractivity contribution in [2.24, 2.45) is 0 Å². The summed E-state index contributed by atoms with van der Waals surface area (Å²) in [5, 5.41) is 0.465. The maximum absolute atomic E-state index is 13.5. The maximum Gasteiger partial charge on any atom is 0.241 e. The lowest BCUT2D eigenvalue weighted by Gasteiger charge is -2.26. The minimum atomic E-state index is -0.620. The second-order valence-corrected chi connectivity index (χ2v) is 13.1. The van der Waals surface area contributed by atoms with Gasteiger partial charge in [-0.05, 0) is 54.9 Å². The first-order valence-electron chi connectivity index (χ1n) is 8.95. The van der Waals surface area contributed by atoms with Crippen molar-refractivity contribution in [2.75, 3.05) is 42.8 Å². The fraction of sp³-hybridized carbons (Fsp3) is 0.450. The van der Waals surface area contributed by atoms with Crippen LogP contribution in [0, 0.1) is 0 Å². The van der Waals surface area contributed by atoms with Crippen LogP contribution in [0.5, 0.6) is 0 Å². The molecule has 144 valence electrons. The van der Waals surface area contributed by atoms with Crippen molar-refractivity contribution in [2.45, 2.75) is 18.3 Å². The van der Waals surface area contributed by atoms with E-state index in [0.29, 0.717) is 24.6 Å². The second kappa shape index (κ2) is 6.76. The number of amides is 1. The van der Waals surface area contributed by atoms with Crippen molar-refractivity contribution in [1.29, 1.82) is 0 Å². The number of carbonyl (C=O) groups excluding carboxylic acids is 1. The zero-order valence-corrected chi connectivity index (χ0v) is 17.4. The van der Waals surface area contributed by atoms with Gasteiger partial charge in [-0.1, -0.05) is 17.7 Å². The third-order valence-corrected chi connectivity index (χ3v) is 6.90. The van der Waals surface area contributed by atoms with E-state index in [1.165, 1.54) is 0 Å². The Labute approximate surface area is 166 Å². The van der Waals surface area contributed by atoms with Gasteiger partial charge in [-0.15, -0.1) is 0 Å². The molecule has 2 aromatic rings. The number of halogens is 1. The number of nitrogens with zero attached hydrogens (tertiary/aromatic N) is 3. The monoisotopic (exact) mass is 405 g/mol. The summed E-state index contributed by atoms with van der Waals surface area (Å²) in [6.07, 6.45) is 11.6. The lowest BCUT2D eigenvalue weighted by molar-refractivity contribution is -0.124. The molecule has 1 amide bonds. The molecule has 0 saturated heterocycles. The van der Waals surface area contributed by atoms with Crippen molar-refractivity contribution in [3.05, 3.63) is 52.4 Å². The van der Waals surface area contributed by atoms with Crippen molar-refractivity contribution in [3.8, 4) is 0 Å². The molecular formula is C20H24ClN3O2S. The Morgan fingerprint density at radius 1 is 1.26 bits per heavy atom. The van der Waals surface area contributed by atoms with Crippen LogP contribution in [0.2, 0.25) is 5.15 Å². The fourth-order valence-electron chi connectivity index (χ4n) is 3.91. The number of aromatic nitrogens is 2. The average molecular weight is 406 g/mol. The Balaban J connectivity index is 1.60. The zero-order valence-electron chi connectivity index (χ0n) is 15.9. The molecule has 0 aromatic carbocycles. The molecule has 4 rings (SSSR count). The molecular weight excluding hydrogens is 382 g/mol. The molecule has 2 aromatic heterocycles. The van der Waals surface area contributed by atoms with Gasteiger partial charge in [0.25, 0.3) is 0 Å². The minimum absolute atomic E-state index is 0.0617. The number of anilines is 1. The molecule has 0 saturated carbocycles. The minimum Gasteiger partial charge on any atom is -0.360 e. The summed E-state index contributed by atoms with van der Waals surface area (Å²) in [5.74, 6) is 1.80. The van der Waals surface area contributed by atoms with Gasteiger partial charge in [-0.25, -0.2) is 20.0 Å². The first-order valence-corrected chi connectivity index (χ1v) is 12.4. The van der Waals surface area contributed by atoms with E-state index in [4.69, 9.17) is 16.3 Å². The maximum atomic E-state index is 13.5. The second-order valence-electron chi connectivity index (χ2n) is 8.15. The number of hydrogen-bond donors (Lipinski definition) is 0. The van der Waals surface area contributed by atoms with Gasteiger partial charge in [0.05, 0.1) is 12.0 Å². The number of hydrogen-bond acceptors (Lipinski definition) is 4. The molecule has 27 heavy (non-hydrogen) atoms. The Morgan fingerprint density at radius 2 is 2.04 bits per heavy atom. The largest absolute Gasteiger partial charge is 0.360 e. The molecule has 0 bridgehead atoms. The van der Waals surface area contributed by atoms with Crippen molar-refractivity contribution in [1.82, 2.24) is 9.97 Å². The number of fused-ring (bicyclic) bond motifs is 3. The van der Waals surface area contributed by atoms with E-state index in [1.807, 2.05) is 18.2 Å². The van der Waals surface area contributed by atoms with Crippen LogP contribution in [0.25, 0.3) is 0 Å². The van der Waals surface area contributed by atoms with Crippen LogP contribution in [0.4, 0.5) is 5.82 Å². The molecule has 1 unspecified atom stereocenters. The highest BCUT2D eigenvalue weighted by Gasteiger charge is 2.54. The topological polar surface area (TPSA) is 55.3 Å². The van der Waals surface area contributed by atoms with Crippen LogP contribution in [0.15, 0.2) is 30.6 Å². The molecule has 5 nitrogen and oxygen atoms in total. The van der Waals surface area contributed by atoms with Gasteiger partial charge in [0.15, 0.2) is 0 Å². The van der Waals surface area contributed by atoms with Crippen LogP contribution >= 0.6 is 21.6 Å². The van der Waals surface area contributed by atoms with Crippen LogP contribution in [0.1, 0.15) is 16.7 Å². The third-order valence-electron chi connectivity index (χ3n) is 5.31. The van der Waals surface area contributed by atoms with E-state index in [0.717, 1.165) is 28.3 Å². The summed E-state index contributed by atoms with van der Waals surface area (Å²) in [6.45, 7) is 0.896. The van der Waals surface area contributed by atoms with Gasteiger partial charge in [-0.3, -0.25) is 9.69 Å². The summed E-state index contributed by atoms with van der Waals surface area (Å²) in [5.41, 5.74) is 2.54. The van der Waals surface area contributed by atoms with Gasteiger partial charge >= 0.3 is 0 Å². The number of ether oxygens (including phenoxy) is 1. The molecule has 3 heterocycles. The molecule has 2 aliphatic rings. The molecule has 1 aliphatic carbocycles. The summed E-state index contributed by atoms with van der Waals surface area (Å²) in [6, 6.07) is 5.79. The first kappa shape index (κ1) is 18.7. The molecule has 0 fully saturated rings. The van der Waals surface area contributed by atoms with Gasteiger partial charge < -0.3 is 4.74 Å². The van der Waals surface area contributed by atoms with Gasteiger partial charge in [0.1, 0.15) is 17.7 Å². The fourth-order valence-corrected chi connectivity index (χ4v) is 4.71. The van der Waals surface area contributed by atoms with Crippen LogP contribution < -0.4 is 4.90 Å². The predicted molar refractivity (Wildman–Crippen MR) is 111 cm³/mol. The summed E-state index contributed by atoms with van der Waals surface area (Å²) < 4.78 is 5.87. The van der Waals surface area contributed by atoms with E-state index in [1.54, 1.807) is 17.3 Å². The lowest BCUT2D eigenvalue weighted by atomic mass is 9.79. The van der Waals surface area contributed by atoms with Gasteiger partial charge in [-0.2, -0.15) is 0 Å². The average Bonchev–Trinajstić information content (AvgIpc) is 3.09. The quantitative estimate of drug-likeness (QED) is 0.566. The van der Waals surface area contributed by atoms with E-state index >= 15 is 0 Å². The Hall–Kier alpha value is -1.63. The van der Waals surface area contributed by atoms with Gasteiger partial charge in [0.2, 0.25) is 5.91 Å². The Kier molecular flexibility index (Phi) is 4.69. The summed E-state index contributed by atoms with van der Waals surface area (Å²) in [4.78, 5) is 23.9. The van der Waals surface area contributed by atoms with Crippen molar-refractivity contribution in [3.63, 3.8) is 0 Å². The first-order chi connectivity index (χ1) is 12.8. The van der Waals surface area contributed by atoms with E-state index < -0.39 is 15.4 Å². The number of carbonyl (C=O) groups is 1. The molecule has 7 heteroatoms. The highest BCUT2D eigenvalue weighted by Crippen LogP contribution is 2.49. The van der Waals surface area contributed by atoms with Crippen molar-refractivity contribution >= 4 is 33.4 Å². The van der Waals surface area contributed by atoms with Crippen LogP contribution in [0.3, 0.4) is 0 Å². The molecule has 1 atom stereocenters. The van der Waals surface area contributed by atoms with E-state index in [-0.39, 0.29) is 12.6 Å². The lowest BCUT2D eigenvalue weighted by Crippen LogP contribution is -2.42. The van der Waals surface area contributed by atoms with E-state index in [2.05, 4.69) is 28.7 Å². The Bertz CT molecular complexity index is 899. The van der Waals surface area contributed by atoms with Crippen LogP contribution in [-0.4, -0.2) is 53.7 Å². The third kappa shape index (κ3) is 3.35. The summed E-state index contributed by atoms with van der Waals surface area (Å²) in [7, 11) is -0.620. The Morgan fingerprint density at radius 3 is 2.81 bits per heavy atom. The van der Waals surface area contributed by atoms with Crippen molar-refractivity contribution < 1.29 is 9.53 Å². The zero-order chi connectivity index (χ0) is 19.2. The molecule has 0 radical (unpaired) electrons. The number of pyridine rings is 2. The SMILES string of the molecule is CS(C)(C)CCOCN1C(=O)C2(Cc3cnc(Cl)cc3C2)c2cccnc21. The standard InChI is InChI=1S/C20H24ClN3O2S/c1-27(2,3)8-7-26-13-24-18-16(5-4-6-22-18)20(19(24)25)10-14-9-17(21)23-12-15(14)11-20/h4-6,9,12H,7-8,10-11,13H2,1-3H3. The highest BCUT2D eigenvalue weighted by molar-refractivity contribution is 8.32. The molecule has 0 N–H and O–H groups in total. The smallest absolute Gasteiger partial charge is 0.241 e. The summed E-state index contributed by atoms with van der Waals surface area (Å²) >= 11 is 6.07. The van der Waals surface area contributed by atoms with Gasteiger partial charge in [0, 0.05) is 23.7 Å². The molecule has 1 aliphatic heterocycles. The number of rotatable bonds is 5. The van der Waals surface area contributed by atoms with E-state index in [9.17, 15) is 4.79 Å². The predicted octanol–water partition coefficient (Wildman–Crippen LogP) is 3.18. The van der Waals surface area contributed by atoms with Crippen LogP contribution in [-0.2, 0) is 27.8 Å².